The Hall–Kier alpha value is -3.14. The highest BCUT2D eigenvalue weighted by Gasteiger charge is 2.22. The molecule has 0 saturated carbocycles. The number of nitro benzene ring substituents is 1. The van der Waals surface area contributed by atoms with Crippen LogP contribution in [-0.4, -0.2) is 22.1 Å². The molecule has 0 saturated heterocycles. The van der Waals surface area contributed by atoms with Crippen molar-refractivity contribution in [1.29, 1.82) is 5.26 Å². The number of aryl methyl sites for hydroxylation is 1. The number of ether oxygens (including phenoxy) is 1. The standard InChI is InChI=1S/C18H19N3O4/c1-3-5-6-13-11-20(12-14(13)10-19)15-7-8-16(18(22)25-4-2)17(9-15)21(23)24/h7-9,11-12H,3-6H2,1-2H3. The summed E-state index contributed by atoms with van der Waals surface area (Å²) < 4.78 is 6.53. The van der Waals surface area contributed by atoms with E-state index < -0.39 is 10.9 Å². The molecule has 0 unspecified atom stereocenters. The number of carbonyl (C=O) groups is 1. The summed E-state index contributed by atoms with van der Waals surface area (Å²) in [5.74, 6) is -0.727. The summed E-state index contributed by atoms with van der Waals surface area (Å²) in [5.41, 5.74) is 1.55. The van der Waals surface area contributed by atoms with E-state index in [2.05, 4.69) is 13.0 Å². The van der Waals surface area contributed by atoms with Crippen LogP contribution in [0.3, 0.4) is 0 Å². The highest BCUT2D eigenvalue weighted by Crippen LogP contribution is 2.25. The van der Waals surface area contributed by atoms with Gasteiger partial charge in [0.05, 0.1) is 22.8 Å². The van der Waals surface area contributed by atoms with E-state index in [9.17, 15) is 20.2 Å². The molecule has 0 amide bonds. The first kappa shape index (κ1) is 18.2. The Labute approximate surface area is 145 Å². The SMILES string of the molecule is CCCCc1cn(-c2ccc(C(=O)OCC)c([N+](=O)[O-])c2)cc1C#N. The molecule has 0 aliphatic rings. The molecule has 1 aromatic heterocycles. The summed E-state index contributed by atoms with van der Waals surface area (Å²) >= 11 is 0. The van der Waals surface area contributed by atoms with Crippen LogP contribution in [0.5, 0.6) is 0 Å². The van der Waals surface area contributed by atoms with Gasteiger partial charge in [0.1, 0.15) is 11.6 Å². The van der Waals surface area contributed by atoms with Crippen molar-refractivity contribution in [2.45, 2.75) is 33.1 Å². The molecule has 1 heterocycles. The van der Waals surface area contributed by atoms with E-state index in [1.54, 1.807) is 30.0 Å². The molecule has 1 aromatic carbocycles. The van der Waals surface area contributed by atoms with Crippen molar-refractivity contribution in [3.8, 4) is 11.8 Å². The number of hydrogen-bond acceptors (Lipinski definition) is 5. The van der Waals surface area contributed by atoms with Crippen molar-refractivity contribution in [2.75, 3.05) is 6.61 Å². The Kier molecular flexibility index (Phi) is 5.90. The first-order valence-corrected chi connectivity index (χ1v) is 8.08. The molecule has 0 spiro atoms. The van der Waals surface area contributed by atoms with Gasteiger partial charge in [-0.15, -0.1) is 0 Å². The lowest BCUT2D eigenvalue weighted by Gasteiger charge is -2.06. The minimum atomic E-state index is -0.727. The summed E-state index contributed by atoms with van der Waals surface area (Å²) in [6.45, 7) is 3.85. The maximum Gasteiger partial charge on any atom is 0.345 e. The van der Waals surface area contributed by atoms with Gasteiger partial charge in [0.15, 0.2) is 0 Å². The third kappa shape index (κ3) is 4.04. The quantitative estimate of drug-likeness (QED) is 0.433. The Bertz CT molecular complexity index is 833. The zero-order valence-corrected chi connectivity index (χ0v) is 14.2. The van der Waals surface area contributed by atoms with Gasteiger partial charge < -0.3 is 9.30 Å². The number of nitrogens with zero attached hydrogens (tertiary/aromatic N) is 3. The van der Waals surface area contributed by atoms with E-state index in [0.717, 1.165) is 24.8 Å². The first-order valence-electron chi connectivity index (χ1n) is 8.08. The molecule has 2 aromatic rings. The number of rotatable bonds is 7. The molecule has 0 fully saturated rings. The Balaban J connectivity index is 2.45. The van der Waals surface area contributed by atoms with Crippen LogP contribution < -0.4 is 0 Å². The van der Waals surface area contributed by atoms with Gasteiger partial charge in [0.2, 0.25) is 0 Å². The van der Waals surface area contributed by atoms with Gasteiger partial charge in [-0.25, -0.2) is 4.79 Å². The number of nitro groups is 1. The van der Waals surface area contributed by atoms with Crippen LogP contribution >= 0.6 is 0 Å². The van der Waals surface area contributed by atoms with Crippen LogP contribution in [0.25, 0.3) is 5.69 Å². The van der Waals surface area contributed by atoms with Gasteiger partial charge in [-0.1, -0.05) is 13.3 Å². The zero-order chi connectivity index (χ0) is 18.4. The largest absolute Gasteiger partial charge is 0.462 e. The lowest BCUT2D eigenvalue weighted by atomic mass is 10.1. The van der Waals surface area contributed by atoms with Gasteiger partial charge in [-0.05, 0) is 37.5 Å². The van der Waals surface area contributed by atoms with E-state index in [4.69, 9.17) is 4.74 Å². The highest BCUT2D eigenvalue weighted by molar-refractivity contribution is 5.94. The van der Waals surface area contributed by atoms with Crippen LogP contribution in [0.15, 0.2) is 30.6 Å². The Morgan fingerprint density at radius 1 is 1.36 bits per heavy atom. The predicted molar refractivity (Wildman–Crippen MR) is 91.7 cm³/mol. The lowest BCUT2D eigenvalue weighted by Crippen LogP contribution is -2.08. The number of nitriles is 1. The fraction of sp³-hybridized carbons (Fsp3) is 0.333. The second-order valence-corrected chi connectivity index (χ2v) is 5.50. The summed E-state index contributed by atoms with van der Waals surface area (Å²) in [6, 6.07) is 6.45. The molecule has 0 radical (unpaired) electrons. The van der Waals surface area contributed by atoms with E-state index in [1.807, 2.05) is 0 Å². The maximum absolute atomic E-state index is 11.9. The number of hydrogen-bond donors (Lipinski definition) is 0. The van der Waals surface area contributed by atoms with Gasteiger partial charge in [-0.2, -0.15) is 5.26 Å². The van der Waals surface area contributed by atoms with Crippen molar-refractivity contribution >= 4 is 11.7 Å². The van der Waals surface area contributed by atoms with Crippen molar-refractivity contribution in [2.24, 2.45) is 0 Å². The van der Waals surface area contributed by atoms with E-state index in [0.29, 0.717) is 11.3 Å². The average Bonchev–Trinajstić information content (AvgIpc) is 3.02. The van der Waals surface area contributed by atoms with Crippen molar-refractivity contribution in [1.82, 2.24) is 4.57 Å². The van der Waals surface area contributed by atoms with Gasteiger partial charge in [0, 0.05) is 18.5 Å². The van der Waals surface area contributed by atoms with Crippen molar-refractivity contribution in [3.63, 3.8) is 0 Å². The topological polar surface area (TPSA) is 98.2 Å². The summed E-state index contributed by atoms with van der Waals surface area (Å²) in [4.78, 5) is 22.6. The molecular weight excluding hydrogens is 322 g/mol. The minimum Gasteiger partial charge on any atom is -0.462 e. The molecule has 130 valence electrons. The molecule has 7 heteroatoms. The van der Waals surface area contributed by atoms with E-state index in [1.165, 1.54) is 12.1 Å². The van der Waals surface area contributed by atoms with Crippen molar-refractivity contribution < 1.29 is 14.5 Å². The van der Waals surface area contributed by atoms with Gasteiger partial charge in [-0.3, -0.25) is 10.1 Å². The zero-order valence-electron chi connectivity index (χ0n) is 14.2. The summed E-state index contributed by atoms with van der Waals surface area (Å²) in [5, 5.41) is 20.6. The monoisotopic (exact) mass is 341 g/mol. The Morgan fingerprint density at radius 3 is 2.72 bits per heavy atom. The number of benzene rings is 1. The predicted octanol–water partition coefficient (Wildman–Crippen LogP) is 3.78. The van der Waals surface area contributed by atoms with Crippen molar-refractivity contribution in [3.05, 3.63) is 57.4 Å². The molecule has 7 nitrogen and oxygen atoms in total. The molecule has 0 bridgehead atoms. The molecule has 2 rings (SSSR count). The normalized spacial score (nSPS) is 10.3. The maximum atomic E-state index is 11.9. The van der Waals surface area contributed by atoms with Crippen LogP contribution in [0, 0.1) is 21.4 Å². The first-order chi connectivity index (χ1) is 12.0. The second kappa shape index (κ2) is 8.11. The number of aromatic nitrogens is 1. The second-order valence-electron chi connectivity index (χ2n) is 5.50. The molecule has 0 N–H and O–H groups in total. The van der Waals surface area contributed by atoms with Gasteiger partial charge in [0.25, 0.3) is 5.69 Å². The van der Waals surface area contributed by atoms with Crippen LogP contribution in [0.4, 0.5) is 5.69 Å². The highest BCUT2D eigenvalue weighted by atomic mass is 16.6. The third-order valence-electron chi connectivity index (χ3n) is 3.80. The Morgan fingerprint density at radius 2 is 2.12 bits per heavy atom. The average molecular weight is 341 g/mol. The van der Waals surface area contributed by atoms with Crippen LogP contribution in [0.1, 0.15) is 48.2 Å². The molecule has 0 aliphatic heterocycles. The summed E-state index contributed by atoms with van der Waals surface area (Å²) in [7, 11) is 0. The smallest absolute Gasteiger partial charge is 0.345 e. The number of esters is 1. The molecule has 0 aliphatic carbocycles. The minimum absolute atomic E-state index is 0.0885. The molecular formula is C18H19N3O4. The number of unbranched alkanes of at least 4 members (excludes halogenated alkanes) is 1. The fourth-order valence-corrected chi connectivity index (χ4v) is 2.53. The lowest BCUT2D eigenvalue weighted by molar-refractivity contribution is -0.385. The number of carbonyl (C=O) groups excluding carboxylic acids is 1. The molecule has 0 atom stereocenters. The van der Waals surface area contributed by atoms with Crippen LogP contribution in [-0.2, 0) is 11.2 Å². The van der Waals surface area contributed by atoms with E-state index in [-0.39, 0.29) is 17.9 Å². The van der Waals surface area contributed by atoms with E-state index >= 15 is 0 Å². The fourth-order valence-electron chi connectivity index (χ4n) is 2.53. The molecule has 25 heavy (non-hydrogen) atoms. The third-order valence-corrected chi connectivity index (χ3v) is 3.80. The van der Waals surface area contributed by atoms with Crippen LogP contribution in [0.2, 0.25) is 0 Å². The van der Waals surface area contributed by atoms with Gasteiger partial charge >= 0.3 is 5.97 Å². The summed E-state index contributed by atoms with van der Waals surface area (Å²) in [6.07, 6.45) is 6.19.